The van der Waals surface area contributed by atoms with Gasteiger partial charge in [0.1, 0.15) is 5.75 Å². The summed E-state index contributed by atoms with van der Waals surface area (Å²) in [6.45, 7) is 0.959. The summed E-state index contributed by atoms with van der Waals surface area (Å²) in [5.41, 5.74) is 0. The maximum absolute atomic E-state index is 11.7. The molecule has 0 spiro atoms. The van der Waals surface area contributed by atoms with Crippen molar-refractivity contribution in [2.45, 2.75) is 4.90 Å². The molecule has 0 amide bonds. The minimum atomic E-state index is -3.40. The maximum Gasteiger partial charge on any atom is 0.240 e. The Bertz CT molecular complexity index is 414. The SMILES string of the molecule is CNCCNS(=O)(=O)c1ccc(OC)cc1. The molecule has 5 nitrogen and oxygen atoms in total. The molecule has 0 radical (unpaired) electrons. The molecule has 2 N–H and O–H groups in total. The van der Waals surface area contributed by atoms with Crippen LogP contribution in [-0.4, -0.2) is 35.7 Å². The van der Waals surface area contributed by atoms with E-state index in [-0.39, 0.29) is 4.90 Å². The van der Waals surface area contributed by atoms with Gasteiger partial charge in [0.05, 0.1) is 12.0 Å². The van der Waals surface area contributed by atoms with E-state index >= 15 is 0 Å². The molecule has 0 aromatic heterocycles. The predicted octanol–water partition coefficient (Wildman–Crippen LogP) is 0.193. The van der Waals surface area contributed by atoms with Crippen molar-refractivity contribution in [2.24, 2.45) is 0 Å². The highest BCUT2D eigenvalue weighted by atomic mass is 32.2. The zero-order chi connectivity index (χ0) is 12.0. The van der Waals surface area contributed by atoms with E-state index in [0.717, 1.165) is 0 Å². The Labute approximate surface area is 95.9 Å². The summed E-state index contributed by atoms with van der Waals surface area (Å²) in [6.07, 6.45) is 0. The molecule has 16 heavy (non-hydrogen) atoms. The summed E-state index contributed by atoms with van der Waals surface area (Å²) in [4.78, 5) is 0.240. The molecule has 0 aliphatic heterocycles. The minimum absolute atomic E-state index is 0.240. The third kappa shape index (κ3) is 3.48. The molecule has 0 bridgehead atoms. The Kier molecular flexibility index (Phi) is 4.72. The molecule has 0 fully saturated rings. The molecule has 90 valence electrons. The van der Waals surface area contributed by atoms with Gasteiger partial charge >= 0.3 is 0 Å². The van der Waals surface area contributed by atoms with Crippen LogP contribution in [0.4, 0.5) is 0 Å². The molecule has 0 aliphatic rings. The monoisotopic (exact) mass is 244 g/mol. The molecular weight excluding hydrogens is 228 g/mol. The second-order valence-electron chi connectivity index (χ2n) is 3.18. The van der Waals surface area contributed by atoms with Crippen LogP contribution in [-0.2, 0) is 10.0 Å². The number of rotatable bonds is 6. The average molecular weight is 244 g/mol. The normalized spacial score (nSPS) is 11.4. The lowest BCUT2D eigenvalue weighted by molar-refractivity contribution is 0.414. The van der Waals surface area contributed by atoms with Crippen molar-refractivity contribution < 1.29 is 13.2 Å². The highest BCUT2D eigenvalue weighted by molar-refractivity contribution is 7.89. The Morgan fingerprint density at radius 3 is 2.31 bits per heavy atom. The summed E-state index contributed by atoms with van der Waals surface area (Å²) in [5.74, 6) is 0.633. The van der Waals surface area contributed by atoms with Crippen LogP contribution in [0.3, 0.4) is 0 Å². The molecule has 1 aromatic carbocycles. The summed E-state index contributed by atoms with van der Waals surface area (Å²) < 4.78 is 30.9. The van der Waals surface area contributed by atoms with Crippen molar-refractivity contribution >= 4 is 10.0 Å². The first-order valence-corrected chi connectivity index (χ1v) is 6.37. The summed E-state index contributed by atoms with van der Waals surface area (Å²) in [6, 6.07) is 6.26. The lowest BCUT2D eigenvalue weighted by atomic mass is 10.3. The molecule has 1 rings (SSSR count). The number of likely N-dealkylation sites (N-methyl/N-ethyl adjacent to an activating group) is 1. The standard InChI is InChI=1S/C10H16N2O3S/c1-11-7-8-12-16(13,14)10-5-3-9(15-2)4-6-10/h3-6,11-12H,7-8H2,1-2H3. The summed E-state index contributed by atoms with van der Waals surface area (Å²) in [7, 11) is -0.101. The van der Waals surface area contributed by atoms with Crippen molar-refractivity contribution in [1.82, 2.24) is 10.0 Å². The van der Waals surface area contributed by atoms with E-state index < -0.39 is 10.0 Å². The van der Waals surface area contributed by atoms with E-state index in [1.165, 1.54) is 19.2 Å². The zero-order valence-corrected chi connectivity index (χ0v) is 10.2. The smallest absolute Gasteiger partial charge is 0.240 e. The first-order chi connectivity index (χ1) is 7.60. The van der Waals surface area contributed by atoms with Gasteiger partial charge in [-0.25, -0.2) is 13.1 Å². The van der Waals surface area contributed by atoms with Gasteiger partial charge in [0.2, 0.25) is 10.0 Å². The van der Waals surface area contributed by atoms with Gasteiger partial charge in [-0.2, -0.15) is 0 Å². The number of benzene rings is 1. The number of methoxy groups -OCH3 is 1. The van der Waals surface area contributed by atoms with Gasteiger partial charge in [-0.1, -0.05) is 0 Å². The molecule has 0 unspecified atom stereocenters. The largest absolute Gasteiger partial charge is 0.497 e. The fraction of sp³-hybridized carbons (Fsp3) is 0.400. The average Bonchev–Trinajstić information content (AvgIpc) is 2.29. The zero-order valence-electron chi connectivity index (χ0n) is 9.36. The predicted molar refractivity (Wildman–Crippen MR) is 62.1 cm³/mol. The van der Waals surface area contributed by atoms with Gasteiger partial charge in [0.25, 0.3) is 0 Å². The fourth-order valence-corrected chi connectivity index (χ4v) is 2.18. The Hall–Kier alpha value is -1.11. The first-order valence-electron chi connectivity index (χ1n) is 4.88. The van der Waals surface area contributed by atoms with Crippen molar-refractivity contribution in [3.05, 3.63) is 24.3 Å². The Morgan fingerprint density at radius 1 is 1.19 bits per heavy atom. The van der Waals surface area contributed by atoms with Crippen molar-refractivity contribution in [3.63, 3.8) is 0 Å². The molecule has 1 aromatic rings. The lowest BCUT2D eigenvalue weighted by Gasteiger charge is -2.07. The van der Waals surface area contributed by atoms with Crippen LogP contribution in [0, 0.1) is 0 Å². The second kappa shape index (κ2) is 5.83. The third-order valence-corrected chi connectivity index (χ3v) is 3.51. The lowest BCUT2D eigenvalue weighted by Crippen LogP contribution is -2.30. The maximum atomic E-state index is 11.7. The highest BCUT2D eigenvalue weighted by Crippen LogP contribution is 2.14. The van der Waals surface area contributed by atoms with E-state index in [9.17, 15) is 8.42 Å². The number of nitrogens with one attached hydrogen (secondary N) is 2. The molecular formula is C10H16N2O3S. The molecule has 0 saturated carbocycles. The number of sulfonamides is 1. The molecule has 0 heterocycles. The van der Waals surface area contributed by atoms with Crippen molar-refractivity contribution in [3.8, 4) is 5.75 Å². The van der Waals surface area contributed by atoms with E-state index in [1.54, 1.807) is 19.2 Å². The van der Waals surface area contributed by atoms with Crippen LogP contribution < -0.4 is 14.8 Å². The van der Waals surface area contributed by atoms with E-state index in [4.69, 9.17) is 4.74 Å². The second-order valence-corrected chi connectivity index (χ2v) is 4.94. The fourth-order valence-electron chi connectivity index (χ4n) is 1.15. The Morgan fingerprint density at radius 2 is 1.81 bits per heavy atom. The van der Waals surface area contributed by atoms with Crippen molar-refractivity contribution in [2.75, 3.05) is 27.2 Å². The topological polar surface area (TPSA) is 67.4 Å². The molecule has 0 saturated heterocycles. The van der Waals surface area contributed by atoms with Crippen LogP contribution in [0.25, 0.3) is 0 Å². The van der Waals surface area contributed by atoms with E-state index in [1.807, 2.05) is 0 Å². The molecule has 0 aliphatic carbocycles. The number of hydrogen-bond donors (Lipinski definition) is 2. The number of ether oxygens (including phenoxy) is 1. The molecule has 6 heteroatoms. The van der Waals surface area contributed by atoms with Gasteiger partial charge in [0, 0.05) is 13.1 Å². The van der Waals surface area contributed by atoms with Crippen LogP contribution in [0.1, 0.15) is 0 Å². The highest BCUT2D eigenvalue weighted by Gasteiger charge is 2.12. The van der Waals surface area contributed by atoms with Gasteiger partial charge in [-0.05, 0) is 31.3 Å². The van der Waals surface area contributed by atoms with Crippen LogP contribution >= 0.6 is 0 Å². The van der Waals surface area contributed by atoms with Crippen molar-refractivity contribution in [1.29, 1.82) is 0 Å². The van der Waals surface area contributed by atoms with Gasteiger partial charge in [-0.3, -0.25) is 0 Å². The van der Waals surface area contributed by atoms with E-state index in [2.05, 4.69) is 10.0 Å². The minimum Gasteiger partial charge on any atom is -0.497 e. The Balaban J connectivity index is 2.74. The summed E-state index contributed by atoms with van der Waals surface area (Å²) >= 11 is 0. The van der Waals surface area contributed by atoms with Gasteiger partial charge in [0.15, 0.2) is 0 Å². The van der Waals surface area contributed by atoms with Crippen LogP contribution in [0.2, 0.25) is 0 Å². The van der Waals surface area contributed by atoms with Crippen LogP contribution in [0.15, 0.2) is 29.2 Å². The molecule has 0 atom stereocenters. The quantitative estimate of drug-likeness (QED) is 0.701. The number of hydrogen-bond acceptors (Lipinski definition) is 4. The van der Waals surface area contributed by atoms with Gasteiger partial charge < -0.3 is 10.1 Å². The first kappa shape index (κ1) is 13.0. The summed E-state index contributed by atoms with van der Waals surface area (Å²) in [5, 5.41) is 2.86. The van der Waals surface area contributed by atoms with Crippen LogP contribution in [0.5, 0.6) is 5.75 Å². The third-order valence-electron chi connectivity index (χ3n) is 2.04. The van der Waals surface area contributed by atoms with E-state index in [0.29, 0.717) is 18.8 Å². The van der Waals surface area contributed by atoms with Gasteiger partial charge in [-0.15, -0.1) is 0 Å².